The van der Waals surface area contributed by atoms with Crippen LogP contribution < -0.4 is 10.5 Å². The van der Waals surface area contributed by atoms with Crippen molar-refractivity contribution in [1.82, 2.24) is 0 Å². The van der Waals surface area contributed by atoms with Gasteiger partial charge in [0.15, 0.2) is 0 Å². The lowest BCUT2D eigenvalue weighted by Crippen LogP contribution is -2.47. The first kappa shape index (κ1) is 14.9. The number of rotatable bonds is 2. The molecule has 1 unspecified atom stereocenters. The molecule has 3 rings (SSSR count). The Morgan fingerprint density at radius 1 is 1.19 bits per heavy atom. The van der Waals surface area contributed by atoms with Crippen molar-refractivity contribution in [3.8, 4) is 5.75 Å². The lowest BCUT2D eigenvalue weighted by atomic mass is 9.66. The maximum absolute atomic E-state index is 6.70. The van der Waals surface area contributed by atoms with E-state index in [-0.39, 0.29) is 11.6 Å². The number of para-hydroxylation sites is 1. The molecule has 1 saturated carbocycles. The molecular formula is C19H29NO. The largest absolute Gasteiger partial charge is 0.490 e. The van der Waals surface area contributed by atoms with Crippen LogP contribution in [0.1, 0.15) is 58.4 Å². The summed E-state index contributed by atoms with van der Waals surface area (Å²) < 4.78 is 6.09. The predicted molar refractivity (Wildman–Crippen MR) is 87.5 cm³/mol. The third-order valence-corrected chi connectivity index (χ3v) is 5.55. The summed E-state index contributed by atoms with van der Waals surface area (Å²) in [6, 6.07) is 8.40. The molecule has 1 aliphatic carbocycles. The van der Waals surface area contributed by atoms with Gasteiger partial charge in [-0.05, 0) is 48.6 Å². The van der Waals surface area contributed by atoms with Gasteiger partial charge in [-0.25, -0.2) is 0 Å². The molecule has 2 aliphatic rings. The summed E-state index contributed by atoms with van der Waals surface area (Å²) in [5.41, 5.74) is 8.44. The third-order valence-electron chi connectivity index (χ3n) is 5.55. The number of hydrogen-bond donors (Lipinski definition) is 1. The van der Waals surface area contributed by atoms with Crippen LogP contribution in [0.5, 0.6) is 5.75 Å². The Morgan fingerprint density at radius 2 is 1.86 bits per heavy atom. The number of nitrogens with two attached hydrogens (primary N) is 1. The van der Waals surface area contributed by atoms with E-state index in [0.29, 0.717) is 5.41 Å². The van der Waals surface area contributed by atoms with E-state index in [2.05, 4.69) is 39.0 Å². The molecule has 1 fully saturated rings. The van der Waals surface area contributed by atoms with Crippen molar-refractivity contribution in [2.24, 2.45) is 17.1 Å². The van der Waals surface area contributed by atoms with Crippen LogP contribution in [0.15, 0.2) is 24.3 Å². The fourth-order valence-electron chi connectivity index (χ4n) is 4.08. The Balaban J connectivity index is 1.57. The summed E-state index contributed by atoms with van der Waals surface area (Å²) in [7, 11) is 0. The van der Waals surface area contributed by atoms with Gasteiger partial charge in [0, 0.05) is 18.4 Å². The van der Waals surface area contributed by atoms with Gasteiger partial charge in [0.25, 0.3) is 0 Å². The van der Waals surface area contributed by atoms with Gasteiger partial charge in [0.2, 0.25) is 0 Å². The first-order valence-electron chi connectivity index (χ1n) is 8.39. The van der Waals surface area contributed by atoms with Crippen molar-refractivity contribution in [1.29, 1.82) is 0 Å². The van der Waals surface area contributed by atoms with Gasteiger partial charge in [-0.3, -0.25) is 0 Å². The molecule has 2 heteroatoms. The van der Waals surface area contributed by atoms with Crippen LogP contribution in [-0.2, 0) is 6.42 Å². The Morgan fingerprint density at radius 3 is 2.48 bits per heavy atom. The molecule has 116 valence electrons. The van der Waals surface area contributed by atoms with Gasteiger partial charge in [-0.15, -0.1) is 0 Å². The van der Waals surface area contributed by atoms with Gasteiger partial charge in [0.05, 0.1) is 0 Å². The zero-order valence-corrected chi connectivity index (χ0v) is 13.7. The maximum Gasteiger partial charge on any atom is 0.123 e. The summed E-state index contributed by atoms with van der Waals surface area (Å²) in [5, 5.41) is 0. The van der Waals surface area contributed by atoms with E-state index >= 15 is 0 Å². The second kappa shape index (κ2) is 5.31. The normalized spacial score (nSPS) is 32.6. The highest BCUT2D eigenvalue weighted by Crippen LogP contribution is 2.43. The minimum absolute atomic E-state index is 0.0194. The molecule has 1 aromatic rings. The molecule has 2 N–H and O–H groups in total. The first-order chi connectivity index (χ1) is 9.86. The van der Waals surface area contributed by atoms with Crippen LogP contribution in [-0.4, -0.2) is 11.6 Å². The van der Waals surface area contributed by atoms with Gasteiger partial charge in [-0.1, -0.05) is 39.0 Å². The fourth-order valence-corrected chi connectivity index (χ4v) is 4.08. The van der Waals surface area contributed by atoms with E-state index in [1.165, 1.54) is 18.4 Å². The standard InChI is InChI=1S/C19H29NO/c1-18(2,3)15-8-10-19(20,11-9-15)13-16-12-14-6-4-5-7-17(14)21-16/h4-7,15-16H,8-13,20H2,1-3H3. The van der Waals surface area contributed by atoms with E-state index in [4.69, 9.17) is 10.5 Å². The molecule has 21 heavy (non-hydrogen) atoms. The van der Waals surface area contributed by atoms with Crippen molar-refractivity contribution in [3.63, 3.8) is 0 Å². The van der Waals surface area contributed by atoms with E-state index in [9.17, 15) is 0 Å². The first-order valence-corrected chi connectivity index (χ1v) is 8.39. The molecule has 2 nitrogen and oxygen atoms in total. The van der Waals surface area contributed by atoms with Crippen molar-refractivity contribution in [2.75, 3.05) is 0 Å². The second-order valence-corrected chi connectivity index (χ2v) is 8.26. The Kier molecular flexibility index (Phi) is 3.77. The minimum atomic E-state index is -0.0194. The Labute approximate surface area is 129 Å². The van der Waals surface area contributed by atoms with Crippen LogP contribution in [0.4, 0.5) is 0 Å². The van der Waals surface area contributed by atoms with E-state index in [1.807, 2.05) is 6.07 Å². The summed E-state index contributed by atoms with van der Waals surface area (Å²) in [5.74, 6) is 1.88. The molecule has 0 aromatic heterocycles. The van der Waals surface area contributed by atoms with Gasteiger partial charge in [0.1, 0.15) is 11.9 Å². The van der Waals surface area contributed by atoms with Gasteiger partial charge >= 0.3 is 0 Å². The maximum atomic E-state index is 6.70. The Hall–Kier alpha value is -1.02. The number of hydrogen-bond acceptors (Lipinski definition) is 2. The SMILES string of the molecule is CC(C)(C)C1CCC(N)(CC2Cc3ccccc3O2)CC1. The highest BCUT2D eigenvalue weighted by Gasteiger charge is 2.39. The molecule has 1 aliphatic heterocycles. The predicted octanol–water partition coefficient (Wildman–Crippen LogP) is 4.31. The summed E-state index contributed by atoms with van der Waals surface area (Å²) in [6.07, 6.45) is 7.12. The summed E-state index contributed by atoms with van der Waals surface area (Å²) in [6.45, 7) is 7.08. The lowest BCUT2D eigenvalue weighted by Gasteiger charge is -2.43. The number of benzene rings is 1. The zero-order chi connectivity index (χ0) is 15.1. The van der Waals surface area contributed by atoms with Crippen molar-refractivity contribution in [2.45, 2.75) is 70.9 Å². The molecule has 0 saturated heterocycles. The third kappa shape index (κ3) is 3.26. The molecule has 0 amide bonds. The van der Waals surface area contributed by atoms with Crippen LogP contribution in [0, 0.1) is 11.3 Å². The van der Waals surface area contributed by atoms with E-state index < -0.39 is 0 Å². The lowest BCUT2D eigenvalue weighted by molar-refractivity contribution is 0.100. The molecule has 0 bridgehead atoms. The quantitative estimate of drug-likeness (QED) is 0.879. The average Bonchev–Trinajstić information content (AvgIpc) is 2.79. The van der Waals surface area contributed by atoms with E-state index in [1.54, 1.807) is 0 Å². The molecule has 0 radical (unpaired) electrons. The minimum Gasteiger partial charge on any atom is -0.490 e. The monoisotopic (exact) mass is 287 g/mol. The van der Waals surface area contributed by atoms with Crippen molar-refractivity contribution >= 4 is 0 Å². The molecule has 1 heterocycles. The number of fused-ring (bicyclic) bond motifs is 1. The fraction of sp³-hybridized carbons (Fsp3) is 0.684. The molecular weight excluding hydrogens is 258 g/mol. The van der Waals surface area contributed by atoms with Gasteiger partial charge < -0.3 is 10.5 Å². The highest BCUT2D eigenvalue weighted by molar-refractivity contribution is 5.37. The number of ether oxygens (including phenoxy) is 1. The molecule has 1 aromatic carbocycles. The Bertz CT molecular complexity index is 470. The molecule has 1 atom stereocenters. The van der Waals surface area contributed by atoms with Crippen LogP contribution in [0.2, 0.25) is 0 Å². The van der Waals surface area contributed by atoms with Crippen molar-refractivity contribution in [3.05, 3.63) is 29.8 Å². The van der Waals surface area contributed by atoms with Crippen LogP contribution in [0.3, 0.4) is 0 Å². The summed E-state index contributed by atoms with van der Waals surface area (Å²) in [4.78, 5) is 0. The zero-order valence-electron chi connectivity index (χ0n) is 13.7. The van der Waals surface area contributed by atoms with Crippen LogP contribution >= 0.6 is 0 Å². The van der Waals surface area contributed by atoms with E-state index in [0.717, 1.165) is 37.4 Å². The summed E-state index contributed by atoms with van der Waals surface area (Å²) >= 11 is 0. The van der Waals surface area contributed by atoms with Crippen molar-refractivity contribution < 1.29 is 4.74 Å². The highest BCUT2D eigenvalue weighted by atomic mass is 16.5. The second-order valence-electron chi connectivity index (χ2n) is 8.26. The molecule has 0 spiro atoms. The van der Waals surface area contributed by atoms with Crippen LogP contribution in [0.25, 0.3) is 0 Å². The average molecular weight is 287 g/mol. The smallest absolute Gasteiger partial charge is 0.123 e. The topological polar surface area (TPSA) is 35.2 Å². The van der Waals surface area contributed by atoms with Gasteiger partial charge in [-0.2, -0.15) is 0 Å².